The number of Topliss-reactive ketones (excluding diaryl/α,β-unsaturated/α-hetero) is 1. The van der Waals surface area contributed by atoms with Crippen molar-refractivity contribution in [2.45, 2.75) is 58.0 Å². The van der Waals surface area contributed by atoms with E-state index >= 15 is 0 Å². The molecule has 21 heavy (non-hydrogen) atoms. The Hall–Kier alpha value is -1.35. The molecule has 3 rings (SSSR count). The zero-order chi connectivity index (χ0) is 15.0. The summed E-state index contributed by atoms with van der Waals surface area (Å²) in [4.78, 5) is 12.9. The molecule has 2 heterocycles. The second kappa shape index (κ2) is 5.80. The van der Waals surface area contributed by atoms with Crippen LogP contribution in [-0.4, -0.2) is 25.0 Å². The maximum absolute atomic E-state index is 12.9. The van der Waals surface area contributed by atoms with Crippen molar-refractivity contribution in [3.05, 3.63) is 28.8 Å². The fourth-order valence-corrected chi connectivity index (χ4v) is 4.13. The lowest BCUT2D eigenvalue weighted by Gasteiger charge is -2.39. The van der Waals surface area contributed by atoms with Gasteiger partial charge in [0.15, 0.2) is 5.78 Å². The Morgan fingerprint density at radius 3 is 2.24 bits per heavy atom. The minimum Gasteiger partial charge on any atom is -0.496 e. The Morgan fingerprint density at radius 1 is 1.14 bits per heavy atom. The highest BCUT2D eigenvalue weighted by atomic mass is 16.5. The third-order valence-corrected chi connectivity index (χ3v) is 5.03. The van der Waals surface area contributed by atoms with Crippen molar-refractivity contribution >= 4 is 5.78 Å². The molecule has 114 valence electrons. The minimum absolute atomic E-state index is 0.189. The van der Waals surface area contributed by atoms with Gasteiger partial charge in [0.25, 0.3) is 0 Å². The highest BCUT2D eigenvalue weighted by molar-refractivity contribution is 5.98. The van der Waals surface area contributed by atoms with Gasteiger partial charge in [-0.1, -0.05) is 6.42 Å². The van der Waals surface area contributed by atoms with Gasteiger partial charge in [0.05, 0.1) is 7.11 Å². The molecule has 0 spiro atoms. The monoisotopic (exact) mass is 287 g/mol. The number of nitrogens with one attached hydrogen (secondary N) is 1. The van der Waals surface area contributed by atoms with Crippen LogP contribution in [0.2, 0.25) is 0 Å². The van der Waals surface area contributed by atoms with Crippen LogP contribution in [0.4, 0.5) is 0 Å². The van der Waals surface area contributed by atoms with Crippen LogP contribution in [0.5, 0.6) is 5.75 Å². The Bertz CT molecular complexity index is 517. The molecule has 2 fully saturated rings. The molecule has 2 aliphatic heterocycles. The number of methoxy groups -OCH3 is 1. The van der Waals surface area contributed by atoms with E-state index in [9.17, 15) is 4.79 Å². The lowest BCUT2D eigenvalue weighted by atomic mass is 9.77. The van der Waals surface area contributed by atoms with Crippen LogP contribution < -0.4 is 10.1 Å². The standard InChI is InChI=1S/C18H25NO2/c1-11-7-13(8-12(2)18(11)21-3)17(20)14-9-15-5-4-6-16(10-14)19-15/h7-8,14-16,19H,4-6,9-10H2,1-3H3. The van der Waals surface area contributed by atoms with Gasteiger partial charge in [-0.3, -0.25) is 4.79 Å². The van der Waals surface area contributed by atoms with Gasteiger partial charge in [-0.25, -0.2) is 0 Å². The molecule has 2 atom stereocenters. The lowest BCUT2D eigenvalue weighted by Crippen LogP contribution is -2.50. The van der Waals surface area contributed by atoms with Crippen LogP contribution in [0.15, 0.2) is 12.1 Å². The summed E-state index contributed by atoms with van der Waals surface area (Å²) in [5.74, 6) is 1.41. The molecule has 2 unspecified atom stereocenters. The molecule has 1 aromatic rings. The zero-order valence-electron chi connectivity index (χ0n) is 13.2. The van der Waals surface area contributed by atoms with Gasteiger partial charge in [-0.05, 0) is 62.8 Å². The quantitative estimate of drug-likeness (QED) is 0.866. The maximum atomic E-state index is 12.9. The van der Waals surface area contributed by atoms with Crippen molar-refractivity contribution < 1.29 is 9.53 Å². The summed E-state index contributed by atoms with van der Waals surface area (Å²) in [7, 11) is 1.69. The van der Waals surface area contributed by atoms with E-state index in [0.717, 1.165) is 35.3 Å². The molecule has 2 bridgehead atoms. The van der Waals surface area contributed by atoms with E-state index in [1.807, 2.05) is 26.0 Å². The predicted molar refractivity (Wildman–Crippen MR) is 84.1 cm³/mol. The first-order valence-corrected chi connectivity index (χ1v) is 8.04. The average molecular weight is 287 g/mol. The highest BCUT2D eigenvalue weighted by Gasteiger charge is 2.35. The number of hydrogen-bond acceptors (Lipinski definition) is 3. The summed E-state index contributed by atoms with van der Waals surface area (Å²) in [6.07, 6.45) is 5.75. The minimum atomic E-state index is 0.189. The molecule has 2 aliphatic rings. The third kappa shape index (κ3) is 2.84. The molecular formula is C18H25NO2. The first kappa shape index (κ1) is 14.6. The number of ether oxygens (including phenoxy) is 1. The van der Waals surface area contributed by atoms with E-state index in [2.05, 4.69) is 5.32 Å². The van der Waals surface area contributed by atoms with Crippen LogP contribution in [0.25, 0.3) is 0 Å². The number of rotatable bonds is 3. The molecule has 1 N–H and O–H groups in total. The lowest BCUT2D eigenvalue weighted by molar-refractivity contribution is 0.0825. The molecule has 2 saturated heterocycles. The smallest absolute Gasteiger partial charge is 0.166 e. The van der Waals surface area contributed by atoms with Crippen LogP contribution in [0, 0.1) is 19.8 Å². The largest absolute Gasteiger partial charge is 0.496 e. The van der Waals surface area contributed by atoms with Gasteiger partial charge in [-0.15, -0.1) is 0 Å². The highest BCUT2D eigenvalue weighted by Crippen LogP contribution is 2.33. The number of piperidine rings is 2. The molecule has 0 aliphatic carbocycles. The normalized spacial score (nSPS) is 28.2. The van der Waals surface area contributed by atoms with E-state index in [4.69, 9.17) is 4.74 Å². The van der Waals surface area contributed by atoms with E-state index in [0.29, 0.717) is 17.9 Å². The maximum Gasteiger partial charge on any atom is 0.166 e. The number of hydrogen-bond donors (Lipinski definition) is 1. The van der Waals surface area contributed by atoms with E-state index in [1.165, 1.54) is 19.3 Å². The van der Waals surface area contributed by atoms with Gasteiger partial charge >= 0.3 is 0 Å². The van der Waals surface area contributed by atoms with Crippen molar-refractivity contribution in [2.24, 2.45) is 5.92 Å². The van der Waals surface area contributed by atoms with Gasteiger partial charge in [0.1, 0.15) is 5.75 Å². The molecule has 3 nitrogen and oxygen atoms in total. The van der Waals surface area contributed by atoms with Crippen LogP contribution in [-0.2, 0) is 0 Å². The predicted octanol–water partition coefficient (Wildman–Crippen LogP) is 3.42. The Kier molecular flexibility index (Phi) is 4.03. The molecule has 1 aromatic carbocycles. The first-order chi connectivity index (χ1) is 10.1. The van der Waals surface area contributed by atoms with Gasteiger partial charge in [-0.2, -0.15) is 0 Å². The number of ketones is 1. The Morgan fingerprint density at radius 2 is 1.71 bits per heavy atom. The zero-order valence-corrected chi connectivity index (χ0v) is 13.2. The molecule has 0 radical (unpaired) electrons. The second-order valence-corrected chi connectivity index (χ2v) is 6.67. The van der Waals surface area contributed by atoms with Crippen molar-refractivity contribution in [3.8, 4) is 5.75 Å². The summed E-state index contributed by atoms with van der Waals surface area (Å²) >= 11 is 0. The Labute approximate surface area is 127 Å². The van der Waals surface area contributed by atoms with Crippen molar-refractivity contribution in [2.75, 3.05) is 7.11 Å². The summed E-state index contributed by atoms with van der Waals surface area (Å²) in [6.45, 7) is 4.03. The number of benzene rings is 1. The summed E-state index contributed by atoms with van der Waals surface area (Å²) < 4.78 is 5.40. The molecule has 0 aromatic heterocycles. The second-order valence-electron chi connectivity index (χ2n) is 6.67. The molecule has 0 saturated carbocycles. The van der Waals surface area contributed by atoms with Gasteiger partial charge in [0, 0.05) is 23.6 Å². The van der Waals surface area contributed by atoms with Crippen molar-refractivity contribution in [1.29, 1.82) is 0 Å². The third-order valence-electron chi connectivity index (χ3n) is 5.03. The van der Waals surface area contributed by atoms with Gasteiger partial charge < -0.3 is 10.1 Å². The van der Waals surface area contributed by atoms with E-state index < -0.39 is 0 Å². The molecule has 3 heteroatoms. The van der Waals surface area contributed by atoms with E-state index in [-0.39, 0.29) is 5.92 Å². The number of aryl methyl sites for hydroxylation is 2. The molecular weight excluding hydrogens is 262 g/mol. The van der Waals surface area contributed by atoms with Gasteiger partial charge in [0.2, 0.25) is 0 Å². The van der Waals surface area contributed by atoms with Crippen LogP contribution >= 0.6 is 0 Å². The van der Waals surface area contributed by atoms with Crippen molar-refractivity contribution in [3.63, 3.8) is 0 Å². The fraction of sp³-hybridized carbons (Fsp3) is 0.611. The number of fused-ring (bicyclic) bond motifs is 2. The fourth-order valence-electron chi connectivity index (χ4n) is 4.13. The Balaban J connectivity index is 1.82. The first-order valence-electron chi connectivity index (χ1n) is 8.04. The van der Waals surface area contributed by atoms with Crippen LogP contribution in [0.1, 0.15) is 53.6 Å². The SMILES string of the molecule is COc1c(C)cc(C(=O)C2CC3CCCC(C2)N3)cc1C. The topological polar surface area (TPSA) is 38.3 Å². The number of carbonyl (C=O) groups excluding carboxylic acids is 1. The average Bonchev–Trinajstić information content (AvgIpc) is 2.45. The van der Waals surface area contributed by atoms with Crippen LogP contribution in [0.3, 0.4) is 0 Å². The summed E-state index contributed by atoms with van der Waals surface area (Å²) in [5, 5.41) is 3.66. The van der Waals surface area contributed by atoms with E-state index in [1.54, 1.807) is 7.11 Å². The van der Waals surface area contributed by atoms with Crippen molar-refractivity contribution in [1.82, 2.24) is 5.32 Å². The summed E-state index contributed by atoms with van der Waals surface area (Å²) in [5.41, 5.74) is 2.96. The molecule has 0 amide bonds. The number of carbonyl (C=O) groups is 1. The summed E-state index contributed by atoms with van der Waals surface area (Å²) in [6, 6.07) is 5.08.